The SMILES string of the molecule is CCOC(=O)C1=C(C)N=c2s/c(=C\c3cc(Cl)c(OCc4ccc(Cl)c(Cl)c4)c(OC)c3)c(=O)n2[C@H]1c1cc(OC)c(OC)cc1Br. The fourth-order valence-corrected chi connectivity index (χ4v) is 7.24. The number of ether oxygens (including phenoxy) is 5. The van der Waals surface area contributed by atoms with Gasteiger partial charge in [0.25, 0.3) is 5.56 Å². The molecule has 1 atom stereocenters. The van der Waals surface area contributed by atoms with Gasteiger partial charge in [-0.25, -0.2) is 9.79 Å². The topological polar surface area (TPSA) is 97.6 Å². The second-order valence-corrected chi connectivity index (χ2v) is 13.2. The van der Waals surface area contributed by atoms with E-state index in [1.54, 1.807) is 62.4 Å². The number of benzene rings is 3. The summed E-state index contributed by atoms with van der Waals surface area (Å²) in [7, 11) is 4.53. The van der Waals surface area contributed by atoms with Crippen molar-refractivity contribution in [1.82, 2.24) is 4.57 Å². The first-order valence-electron chi connectivity index (χ1n) is 14.1. The first-order chi connectivity index (χ1) is 22.5. The Morgan fingerprint density at radius 1 is 0.979 bits per heavy atom. The molecule has 2 heterocycles. The van der Waals surface area contributed by atoms with Gasteiger partial charge in [0.05, 0.1) is 64.8 Å². The first-order valence-corrected chi connectivity index (χ1v) is 16.8. The minimum Gasteiger partial charge on any atom is -0.493 e. The molecule has 0 radical (unpaired) electrons. The van der Waals surface area contributed by atoms with Gasteiger partial charge >= 0.3 is 5.97 Å². The summed E-state index contributed by atoms with van der Waals surface area (Å²) < 4.78 is 30.4. The van der Waals surface area contributed by atoms with Gasteiger partial charge in [-0.15, -0.1) is 0 Å². The fourth-order valence-electron chi connectivity index (χ4n) is 5.06. The number of hydrogen-bond acceptors (Lipinski definition) is 9. The molecule has 0 N–H and O–H groups in total. The molecule has 1 aliphatic heterocycles. The van der Waals surface area contributed by atoms with Gasteiger partial charge < -0.3 is 23.7 Å². The van der Waals surface area contributed by atoms with Gasteiger partial charge in [-0.2, -0.15) is 0 Å². The summed E-state index contributed by atoms with van der Waals surface area (Å²) in [5.74, 6) is 1.01. The third kappa shape index (κ3) is 7.05. The molecule has 246 valence electrons. The van der Waals surface area contributed by atoms with Crippen LogP contribution in [0.15, 0.2) is 68.0 Å². The van der Waals surface area contributed by atoms with Crippen LogP contribution >= 0.6 is 62.1 Å². The Morgan fingerprint density at radius 2 is 1.68 bits per heavy atom. The molecule has 9 nitrogen and oxygen atoms in total. The Morgan fingerprint density at radius 3 is 2.34 bits per heavy atom. The van der Waals surface area contributed by atoms with Crippen LogP contribution in [0, 0.1) is 0 Å². The summed E-state index contributed by atoms with van der Waals surface area (Å²) in [6.45, 7) is 3.74. The van der Waals surface area contributed by atoms with Crippen LogP contribution < -0.4 is 33.8 Å². The predicted molar refractivity (Wildman–Crippen MR) is 186 cm³/mol. The summed E-state index contributed by atoms with van der Waals surface area (Å²) in [5.41, 5.74) is 2.24. The molecule has 0 spiro atoms. The monoisotopic (exact) mass is 780 g/mol. The number of fused-ring (bicyclic) bond motifs is 1. The molecular weight excluding hydrogens is 755 g/mol. The molecule has 0 aliphatic carbocycles. The number of hydrogen-bond donors (Lipinski definition) is 0. The third-order valence-corrected chi connectivity index (χ3v) is 9.92. The Kier molecular flexibility index (Phi) is 10.9. The van der Waals surface area contributed by atoms with Crippen molar-refractivity contribution in [1.29, 1.82) is 0 Å². The number of nitrogens with zero attached hydrogens (tertiary/aromatic N) is 2. The maximum absolute atomic E-state index is 14.2. The van der Waals surface area contributed by atoms with Gasteiger partial charge in [0, 0.05) is 4.47 Å². The molecule has 0 amide bonds. The lowest BCUT2D eigenvalue weighted by Crippen LogP contribution is -2.40. The van der Waals surface area contributed by atoms with Crippen molar-refractivity contribution in [3.63, 3.8) is 0 Å². The van der Waals surface area contributed by atoms with E-state index in [0.717, 1.165) is 5.56 Å². The van der Waals surface area contributed by atoms with Gasteiger partial charge in [-0.3, -0.25) is 9.36 Å². The predicted octanol–water partition coefficient (Wildman–Crippen LogP) is 7.13. The van der Waals surface area contributed by atoms with E-state index >= 15 is 0 Å². The van der Waals surface area contributed by atoms with Crippen LogP contribution in [-0.4, -0.2) is 38.5 Å². The average Bonchev–Trinajstić information content (AvgIpc) is 3.34. The molecule has 47 heavy (non-hydrogen) atoms. The normalized spacial score (nSPS) is 14.4. The van der Waals surface area contributed by atoms with E-state index < -0.39 is 12.0 Å². The van der Waals surface area contributed by atoms with Gasteiger partial charge in [0.2, 0.25) is 0 Å². The van der Waals surface area contributed by atoms with E-state index in [4.69, 9.17) is 58.5 Å². The molecule has 0 saturated heterocycles. The highest BCUT2D eigenvalue weighted by Gasteiger charge is 2.35. The number of allylic oxidation sites excluding steroid dienone is 1. The number of aromatic nitrogens is 1. The summed E-state index contributed by atoms with van der Waals surface area (Å²) in [4.78, 5) is 32.5. The highest BCUT2D eigenvalue weighted by Crippen LogP contribution is 2.41. The molecule has 4 aromatic rings. The summed E-state index contributed by atoms with van der Waals surface area (Å²) in [5, 5.41) is 1.12. The van der Waals surface area contributed by atoms with Crippen molar-refractivity contribution in [2.45, 2.75) is 26.5 Å². The second-order valence-electron chi connectivity index (χ2n) is 10.1. The van der Waals surface area contributed by atoms with E-state index in [9.17, 15) is 9.59 Å². The van der Waals surface area contributed by atoms with E-state index in [1.807, 2.05) is 0 Å². The Labute approximate surface area is 297 Å². The van der Waals surface area contributed by atoms with E-state index in [-0.39, 0.29) is 29.4 Å². The standard InChI is InChI=1S/C33H28BrCl3N2O7S/c1-6-45-32(41)28-16(2)38-33-39(29(28)19-13-24(42-3)25(43-4)14-20(19)34)31(40)27(47-33)12-18-10-23(37)30(26(11-18)44-5)46-15-17-7-8-21(35)22(36)9-17/h7-14,29H,6,15H2,1-5H3/b27-12-/t29-/m0/s1. The summed E-state index contributed by atoms with van der Waals surface area (Å²) in [6, 6.07) is 11.2. The van der Waals surface area contributed by atoms with Crippen LogP contribution in [0.1, 0.15) is 36.6 Å². The van der Waals surface area contributed by atoms with Gasteiger partial charge in [0.1, 0.15) is 6.61 Å². The molecular formula is C33H28BrCl3N2O7S. The highest BCUT2D eigenvalue weighted by molar-refractivity contribution is 9.10. The minimum absolute atomic E-state index is 0.148. The van der Waals surface area contributed by atoms with Gasteiger partial charge in [-0.1, -0.05) is 68.1 Å². The minimum atomic E-state index is -0.878. The lowest BCUT2D eigenvalue weighted by Gasteiger charge is -2.26. The Balaban J connectivity index is 1.61. The molecule has 3 aromatic carbocycles. The Hall–Kier alpha value is -3.48. The molecule has 1 aliphatic rings. The number of carbonyl (C=O) groups excluding carboxylic acids is 1. The molecule has 0 saturated carbocycles. The van der Waals surface area contributed by atoms with E-state index in [1.165, 1.54) is 37.2 Å². The zero-order valence-electron chi connectivity index (χ0n) is 25.8. The first kappa shape index (κ1) is 34.8. The fraction of sp³-hybridized carbons (Fsp3) is 0.242. The van der Waals surface area contributed by atoms with Crippen LogP contribution in [0.5, 0.6) is 23.0 Å². The van der Waals surface area contributed by atoms with E-state index in [0.29, 0.717) is 63.7 Å². The number of methoxy groups -OCH3 is 3. The molecule has 14 heteroatoms. The van der Waals surface area contributed by atoms with Crippen LogP contribution in [0.4, 0.5) is 0 Å². The number of carbonyl (C=O) groups is 1. The molecule has 0 fully saturated rings. The zero-order valence-corrected chi connectivity index (χ0v) is 30.5. The molecule has 0 bridgehead atoms. The second kappa shape index (κ2) is 14.7. The Bertz CT molecular complexity index is 2090. The number of halogens is 4. The van der Waals surface area contributed by atoms with Crippen LogP contribution in [0.3, 0.4) is 0 Å². The summed E-state index contributed by atoms with van der Waals surface area (Å²) >= 11 is 23.6. The van der Waals surface area contributed by atoms with Crippen molar-refractivity contribution in [2.75, 3.05) is 27.9 Å². The smallest absolute Gasteiger partial charge is 0.338 e. The van der Waals surface area contributed by atoms with Crippen LogP contribution in [0.2, 0.25) is 15.1 Å². The van der Waals surface area contributed by atoms with Crippen molar-refractivity contribution in [3.8, 4) is 23.0 Å². The number of esters is 1. The van der Waals surface area contributed by atoms with Crippen molar-refractivity contribution in [3.05, 3.63) is 110 Å². The van der Waals surface area contributed by atoms with Crippen molar-refractivity contribution >= 4 is 74.1 Å². The van der Waals surface area contributed by atoms with Crippen molar-refractivity contribution < 1.29 is 28.5 Å². The zero-order chi connectivity index (χ0) is 34.0. The highest BCUT2D eigenvalue weighted by atomic mass is 79.9. The molecule has 0 unspecified atom stereocenters. The van der Waals surface area contributed by atoms with E-state index in [2.05, 4.69) is 20.9 Å². The third-order valence-electron chi connectivity index (χ3n) is 7.23. The van der Waals surface area contributed by atoms with Gasteiger partial charge in [-0.05, 0) is 73.0 Å². The quantitative estimate of drug-likeness (QED) is 0.158. The summed E-state index contributed by atoms with van der Waals surface area (Å²) in [6.07, 6.45) is 1.69. The largest absolute Gasteiger partial charge is 0.493 e. The average molecular weight is 783 g/mol. The maximum Gasteiger partial charge on any atom is 0.338 e. The van der Waals surface area contributed by atoms with Gasteiger partial charge in [0.15, 0.2) is 27.8 Å². The molecule has 5 rings (SSSR count). The lowest BCUT2D eigenvalue weighted by atomic mass is 9.95. The maximum atomic E-state index is 14.2. The van der Waals surface area contributed by atoms with Crippen molar-refractivity contribution in [2.24, 2.45) is 4.99 Å². The lowest BCUT2D eigenvalue weighted by molar-refractivity contribution is -0.139. The van der Waals surface area contributed by atoms with Crippen LogP contribution in [0.25, 0.3) is 6.08 Å². The van der Waals surface area contributed by atoms with Crippen LogP contribution in [-0.2, 0) is 16.1 Å². The molecule has 1 aromatic heterocycles. The number of rotatable bonds is 10. The number of thiazole rings is 1.